The molecule has 11 heteroatoms. The van der Waals surface area contributed by atoms with Crippen molar-refractivity contribution in [3.63, 3.8) is 0 Å². The summed E-state index contributed by atoms with van der Waals surface area (Å²) < 4.78 is 84.4. The molecule has 1 aliphatic heterocycles. The van der Waals surface area contributed by atoms with Gasteiger partial charge in [-0.15, -0.1) is 0 Å². The molecule has 34 heavy (non-hydrogen) atoms. The van der Waals surface area contributed by atoms with Crippen LogP contribution in [0.2, 0.25) is 0 Å². The highest BCUT2D eigenvalue weighted by molar-refractivity contribution is 7.88. The Bertz CT molecular complexity index is 1190. The molecule has 3 rings (SSSR count). The first-order valence-electron chi connectivity index (χ1n) is 10.4. The number of benzene rings is 2. The first-order valence-corrected chi connectivity index (χ1v) is 12.3. The minimum atomic E-state index is -3.93. The van der Waals surface area contributed by atoms with E-state index in [0.29, 0.717) is 6.07 Å². The fourth-order valence-electron chi connectivity index (χ4n) is 4.26. The molecule has 0 spiro atoms. The topological polar surface area (TPSA) is 86.7 Å². The van der Waals surface area contributed by atoms with Gasteiger partial charge >= 0.3 is 0 Å². The Hall–Kier alpha value is -2.50. The fourth-order valence-corrected chi connectivity index (χ4v) is 5.12. The molecule has 1 amide bonds. The van der Waals surface area contributed by atoms with Gasteiger partial charge in [0, 0.05) is 11.6 Å². The third-order valence-corrected chi connectivity index (χ3v) is 6.40. The zero-order valence-corrected chi connectivity index (χ0v) is 19.9. The SMILES string of the molecule is CC(C)(O)C(=O)N1CC(C)(F)[C@H](NS(C)(=O)=O)[C@@H]1Cc1cccc(-c2cc(F)cc(F)c2)c1F. The number of aliphatic hydroxyl groups is 1. The summed E-state index contributed by atoms with van der Waals surface area (Å²) >= 11 is 0. The van der Waals surface area contributed by atoms with E-state index in [1.54, 1.807) is 0 Å². The summed E-state index contributed by atoms with van der Waals surface area (Å²) in [5.74, 6) is -3.51. The molecule has 0 aromatic heterocycles. The lowest BCUT2D eigenvalue weighted by Crippen LogP contribution is -2.54. The summed E-state index contributed by atoms with van der Waals surface area (Å²) in [6, 6.07) is 4.02. The van der Waals surface area contributed by atoms with Crippen LogP contribution in [0.1, 0.15) is 26.3 Å². The summed E-state index contributed by atoms with van der Waals surface area (Å²) in [5, 5.41) is 10.2. The number of rotatable bonds is 6. The number of amides is 1. The predicted molar refractivity (Wildman–Crippen MR) is 119 cm³/mol. The van der Waals surface area contributed by atoms with Crippen molar-refractivity contribution in [2.75, 3.05) is 12.8 Å². The van der Waals surface area contributed by atoms with E-state index in [0.717, 1.165) is 30.2 Å². The summed E-state index contributed by atoms with van der Waals surface area (Å²) in [4.78, 5) is 13.9. The second-order valence-corrected chi connectivity index (χ2v) is 11.1. The van der Waals surface area contributed by atoms with E-state index in [2.05, 4.69) is 4.72 Å². The maximum atomic E-state index is 15.5. The first-order chi connectivity index (χ1) is 15.5. The Morgan fingerprint density at radius 1 is 1.21 bits per heavy atom. The lowest BCUT2D eigenvalue weighted by molar-refractivity contribution is -0.149. The Labute approximate surface area is 195 Å². The number of hydrogen-bond acceptors (Lipinski definition) is 4. The van der Waals surface area contributed by atoms with Crippen molar-refractivity contribution in [3.05, 3.63) is 59.4 Å². The Morgan fingerprint density at radius 3 is 2.32 bits per heavy atom. The molecule has 0 saturated carbocycles. The van der Waals surface area contributed by atoms with Crippen LogP contribution in [0.5, 0.6) is 0 Å². The van der Waals surface area contributed by atoms with Gasteiger partial charge in [0.25, 0.3) is 5.91 Å². The maximum absolute atomic E-state index is 15.5. The Morgan fingerprint density at radius 2 is 1.79 bits per heavy atom. The molecule has 2 N–H and O–H groups in total. The standard InChI is InChI=1S/C23H26F4N2O4S/c1-22(2,31)21(30)29-12-23(3,27)20(28-34(4,32)33)18(29)10-13-6-5-7-17(19(13)26)14-8-15(24)11-16(25)9-14/h5-9,11,18,20,28,31H,10,12H2,1-4H3/t18-,20+,23?/m0/s1. The third-order valence-electron chi connectivity index (χ3n) is 5.72. The van der Waals surface area contributed by atoms with Crippen molar-refractivity contribution in [2.45, 2.75) is 50.5 Å². The van der Waals surface area contributed by atoms with Gasteiger partial charge in [-0.1, -0.05) is 18.2 Å². The molecule has 186 valence electrons. The van der Waals surface area contributed by atoms with E-state index >= 15 is 8.78 Å². The summed E-state index contributed by atoms with van der Waals surface area (Å²) in [5.41, 5.74) is -4.33. The zero-order valence-electron chi connectivity index (χ0n) is 19.1. The van der Waals surface area contributed by atoms with Gasteiger partial charge in [0.1, 0.15) is 28.7 Å². The van der Waals surface area contributed by atoms with Crippen LogP contribution in [-0.4, -0.2) is 60.5 Å². The monoisotopic (exact) mass is 502 g/mol. The quantitative estimate of drug-likeness (QED) is 0.595. The van der Waals surface area contributed by atoms with E-state index < -0.39 is 63.3 Å². The molecule has 1 saturated heterocycles. The van der Waals surface area contributed by atoms with E-state index in [1.807, 2.05) is 0 Å². The number of sulfonamides is 1. The van der Waals surface area contributed by atoms with Gasteiger partial charge in [-0.3, -0.25) is 4.79 Å². The number of carbonyl (C=O) groups is 1. The summed E-state index contributed by atoms with van der Waals surface area (Å²) in [7, 11) is -3.93. The molecule has 0 aliphatic carbocycles. The molecule has 1 heterocycles. The molecule has 1 fully saturated rings. The van der Waals surface area contributed by atoms with Gasteiger partial charge in [-0.05, 0) is 50.5 Å². The molecule has 6 nitrogen and oxygen atoms in total. The smallest absolute Gasteiger partial charge is 0.254 e. The molecule has 2 aromatic carbocycles. The molecular formula is C23H26F4N2O4S. The molecular weight excluding hydrogens is 476 g/mol. The normalized spacial score (nSPS) is 23.4. The summed E-state index contributed by atoms with van der Waals surface area (Å²) in [6.07, 6.45) is 0.506. The van der Waals surface area contributed by atoms with Crippen LogP contribution in [-0.2, 0) is 21.2 Å². The zero-order chi connectivity index (χ0) is 25.6. The van der Waals surface area contributed by atoms with Crippen molar-refractivity contribution < 1.29 is 35.9 Å². The average molecular weight is 503 g/mol. The van der Waals surface area contributed by atoms with Crippen molar-refractivity contribution in [2.24, 2.45) is 0 Å². The minimum absolute atomic E-state index is 0.0290. The number of alkyl halides is 1. The number of halogens is 4. The highest BCUT2D eigenvalue weighted by Gasteiger charge is 2.54. The molecule has 0 bridgehead atoms. The van der Waals surface area contributed by atoms with Crippen LogP contribution in [0, 0.1) is 17.5 Å². The van der Waals surface area contributed by atoms with Gasteiger partial charge in [0.05, 0.1) is 24.9 Å². The third kappa shape index (κ3) is 5.59. The number of likely N-dealkylation sites (tertiary alicyclic amines) is 1. The predicted octanol–water partition coefficient (Wildman–Crippen LogP) is 2.94. The van der Waals surface area contributed by atoms with Crippen molar-refractivity contribution in [1.82, 2.24) is 9.62 Å². The Balaban J connectivity index is 2.08. The van der Waals surface area contributed by atoms with Crippen LogP contribution in [0.15, 0.2) is 36.4 Å². The molecule has 1 aliphatic rings. The second kappa shape index (κ2) is 8.94. The second-order valence-electron chi connectivity index (χ2n) is 9.35. The van der Waals surface area contributed by atoms with Crippen LogP contribution in [0.3, 0.4) is 0 Å². The van der Waals surface area contributed by atoms with Gasteiger partial charge in [0.2, 0.25) is 10.0 Å². The first kappa shape index (κ1) is 26.1. The van der Waals surface area contributed by atoms with Crippen LogP contribution in [0.25, 0.3) is 11.1 Å². The van der Waals surface area contributed by atoms with E-state index in [9.17, 15) is 27.1 Å². The average Bonchev–Trinajstić information content (AvgIpc) is 2.90. The van der Waals surface area contributed by atoms with Gasteiger partial charge in [0.15, 0.2) is 0 Å². The fraction of sp³-hybridized carbons (Fsp3) is 0.435. The highest BCUT2D eigenvalue weighted by atomic mass is 32.2. The minimum Gasteiger partial charge on any atom is -0.381 e. The number of carbonyl (C=O) groups excluding carboxylic acids is 1. The van der Waals surface area contributed by atoms with E-state index in [1.165, 1.54) is 32.0 Å². The van der Waals surface area contributed by atoms with Gasteiger partial charge < -0.3 is 10.0 Å². The molecule has 2 aromatic rings. The van der Waals surface area contributed by atoms with Gasteiger partial charge in [-0.2, -0.15) is 0 Å². The Kier molecular flexibility index (Phi) is 6.86. The maximum Gasteiger partial charge on any atom is 0.254 e. The highest BCUT2D eigenvalue weighted by Crippen LogP contribution is 2.36. The van der Waals surface area contributed by atoms with Crippen molar-refractivity contribution in [1.29, 1.82) is 0 Å². The largest absolute Gasteiger partial charge is 0.381 e. The number of nitrogens with zero attached hydrogens (tertiary/aromatic N) is 1. The molecule has 1 unspecified atom stereocenters. The van der Waals surface area contributed by atoms with Crippen LogP contribution < -0.4 is 4.72 Å². The number of hydrogen-bond donors (Lipinski definition) is 2. The molecule has 0 radical (unpaired) electrons. The number of nitrogens with one attached hydrogen (secondary N) is 1. The molecule has 3 atom stereocenters. The summed E-state index contributed by atoms with van der Waals surface area (Å²) in [6.45, 7) is 2.99. The lowest BCUT2D eigenvalue weighted by Gasteiger charge is -2.32. The lowest BCUT2D eigenvalue weighted by atomic mass is 9.92. The van der Waals surface area contributed by atoms with Crippen molar-refractivity contribution in [3.8, 4) is 11.1 Å². The van der Waals surface area contributed by atoms with E-state index in [-0.39, 0.29) is 23.1 Å². The van der Waals surface area contributed by atoms with Crippen molar-refractivity contribution >= 4 is 15.9 Å². The van der Waals surface area contributed by atoms with Crippen LogP contribution >= 0.6 is 0 Å². The van der Waals surface area contributed by atoms with Crippen LogP contribution in [0.4, 0.5) is 17.6 Å². The van der Waals surface area contributed by atoms with Gasteiger partial charge in [-0.25, -0.2) is 30.7 Å². The van der Waals surface area contributed by atoms with E-state index in [4.69, 9.17) is 0 Å².